The minimum absolute atomic E-state index is 0.0265. The van der Waals surface area contributed by atoms with E-state index in [0.717, 1.165) is 41.8 Å². The number of hydrogen-bond donors (Lipinski definition) is 1. The van der Waals surface area contributed by atoms with E-state index in [1.807, 2.05) is 37.7 Å². The molecule has 23 heavy (non-hydrogen) atoms. The van der Waals surface area contributed by atoms with E-state index in [4.69, 9.17) is 0 Å². The second-order valence-electron chi connectivity index (χ2n) is 7.16. The second-order valence-corrected chi connectivity index (χ2v) is 8.29. The van der Waals surface area contributed by atoms with Gasteiger partial charge in [0.15, 0.2) is 5.78 Å². The fraction of sp³-hybridized carbons (Fsp3) is 0.421. The van der Waals surface area contributed by atoms with Crippen molar-refractivity contribution in [3.63, 3.8) is 0 Å². The van der Waals surface area contributed by atoms with Crippen molar-refractivity contribution in [3.05, 3.63) is 57.5 Å². The zero-order valence-electron chi connectivity index (χ0n) is 13.4. The standard InChI is InChI=1S/C19H20FNOS/c1-19(2)9-7-13-16(18(19)22)15(11-3-5-12(20)6-4-11)17-14(21-13)8-10-23-17/h3-6,15,21H,7-10H2,1-2H3. The van der Waals surface area contributed by atoms with Crippen LogP contribution in [-0.4, -0.2) is 11.5 Å². The van der Waals surface area contributed by atoms with Gasteiger partial charge >= 0.3 is 0 Å². The number of dihydropyridines is 1. The molecule has 0 saturated carbocycles. The zero-order chi connectivity index (χ0) is 16.2. The summed E-state index contributed by atoms with van der Waals surface area (Å²) in [5, 5.41) is 3.54. The number of carbonyl (C=O) groups excluding carboxylic acids is 1. The highest BCUT2D eigenvalue weighted by atomic mass is 32.2. The summed E-state index contributed by atoms with van der Waals surface area (Å²) < 4.78 is 13.3. The highest BCUT2D eigenvalue weighted by Crippen LogP contribution is 2.52. The minimum Gasteiger partial charge on any atom is -0.361 e. The first-order chi connectivity index (χ1) is 11.0. The lowest BCUT2D eigenvalue weighted by Gasteiger charge is -2.39. The third-order valence-electron chi connectivity index (χ3n) is 5.15. The van der Waals surface area contributed by atoms with E-state index in [1.165, 1.54) is 22.7 Å². The summed E-state index contributed by atoms with van der Waals surface area (Å²) in [4.78, 5) is 14.4. The summed E-state index contributed by atoms with van der Waals surface area (Å²) in [7, 11) is 0. The number of carbonyl (C=O) groups is 1. The van der Waals surface area contributed by atoms with Crippen molar-refractivity contribution in [3.8, 4) is 0 Å². The molecule has 120 valence electrons. The van der Waals surface area contributed by atoms with Crippen molar-refractivity contribution in [2.24, 2.45) is 5.41 Å². The average molecular weight is 329 g/mol. The van der Waals surface area contributed by atoms with Crippen molar-refractivity contribution in [2.75, 3.05) is 5.75 Å². The first-order valence-electron chi connectivity index (χ1n) is 8.13. The monoisotopic (exact) mass is 329 g/mol. The van der Waals surface area contributed by atoms with Gasteiger partial charge in [-0.3, -0.25) is 4.79 Å². The molecule has 0 spiro atoms. The molecule has 1 atom stereocenters. The van der Waals surface area contributed by atoms with Crippen LogP contribution in [-0.2, 0) is 4.79 Å². The van der Waals surface area contributed by atoms with Gasteiger partial charge in [0.1, 0.15) is 5.82 Å². The molecule has 0 radical (unpaired) electrons. The number of nitrogens with one attached hydrogen (secondary N) is 1. The minimum atomic E-state index is -0.319. The molecule has 3 aliphatic rings. The molecule has 2 heterocycles. The maximum absolute atomic E-state index is 13.3. The van der Waals surface area contributed by atoms with E-state index in [0.29, 0.717) is 0 Å². The van der Waals surface area contributed by atoms with Crippen LogP contribution in [0.3, 0.4) is 0 Å². The summed E-state index contributed by atoms with van der Waals surface area (Å²) in [6.45, 7) is 4.07. The third-order valence-corrected chi connectivity index (χ3v) is 6.35. The fourth-order valence-corrected chi connectivity index (χ4v) is 5.04. The third kappa shape index (κ3) is 2.35. The Kier molecular flexibility index (Phi) is 3.41. The molecule has 1 aromatic rings. The van der Waals surface area contributed by atoms with Crippen molar-refractivity contribution in [2.45, 2.75) is 39.0 Å². The van der Waals surface area contributed by atoms with E-state index in [1.54, 1.807) is 0 Å². The molecule has 0 fully saturated rings. The number of Topliss-reactive ketones (excluding diaryl/α,β-unsaturated/α-hetero) is 1. The largest absolute Gasteiger partial charge is 0.361 e. The zero-order valence-corrected chi connectivity index (χ0v) is 14.2. The van der Waals surface area contributed by atoms with Gasteiger partial charge in [-0.15, -0.1) is 11.8 Å². The number of hydrogen-bond acceptors (Lipinski definition) is 3. The van der Waals surface area contributed by atoms with Crippen LogP contribution in [0, 0.1) is 11.2 Å². The fourth-order valence-electron chi connectivity index (χ4n) is 3.76. The van der Waals surface area contributed by atoms with Gasteiger partial charge in [0, 0.05) is 39.0 Å². The quantitative estimate of drug-likeness (QED) is 0.822. The van der Waals surface area contributed by atoms with Crippen molar-refractivity contribution < 1.29 is 9.18 Å². The van der Waals surface area contributed by atoms with Crippen molar-refractivity contribution in [1.82, 2.24) is 5.32 Å². The SMILES string of the molecule is CC1(C)CCC2=C(C1=O)C(c1ccc(F)cc1)C1=C(CCS1)N2. The number of ketones is 1. The second kappa shape index (κ2) is 5.23. The molecular weight excluding hydrogens is 309 g/mol. The summed E-state index contributed by atoms with van der Waals surface area (Å²) >= 11 is 1.83. The van der Waals surface area contributed by atoms with Crippen LogP contribution in [0.5, 0.6) is 0 Å². The Hall–Kier alpha value is -1.55. The molecule has 0 bridgehead atoms. The summed E-state index contributed by atoms with van der Waals surface area (Å²) in [5.74, 6) is 1.02. The topological polar surface area (TPSA) is 29.1 Å². The van der Waals surface area contributed by atoms with E-state index < -0.39 is 0 Å². The molecule has 1 aromatic carbocycles. The maximum Gasteiger partial charge on any atom is 0.167 e. The molecule has 1 N–H and O–H groups in total. The predicted octanol–water partition coefficient (Wildman–Crippen LogP) is 4.50. The van der Waals surface area contributed by atoms with Crippen molar-refractivity contribution >= 4 is 17.5 Å². The summed E-state index contributed by atoms with van der Waals surface area (Å²) in [6.07, 6.45) is 2.81. The molecule has 4 rings (SSSR count). The Morgan fingerprint density at radius 2 is 1.91 bits per heavy atom. The molecular formula is C19H20FNOS. The number of thioether (sulfide) groups is 1. The average Bonchev–Trinajstić information content (AvgIpc) is 2.98. The lowest BCUT2D eigenvalue weighted by molar-refractivity contribution is -0.124. The van der Waals surface area contributed by atoms with Gasteiger partial charge in [0.2, 0.25) is 0 Å². The molecule has 0 aromatic heterocycles. The molecule has 0 amide bonds. The summed E-state index contributed by atoms with van der Waals surface area (Å²) in [5.41, 5.74) is 3.95. The Morgan fingerprint density at radius 1 is 1.17 bits per heavy atom. The molecule has 2 nitrogen and oxygen atoms in total. The van der Waals surface area contributed by atoms with Crippen LogP contribution in [0.25, 0.3) is 0 Å². The molecule has 1 aliphatic carbocycles. The van der Waals surface area contributed by atoms with Crippen LogP contribution in [0.1, 0.15) is 44.6 Å². The number of allylic oxidation sites excluding steroid dienone is 4. The highest BCUT2D eigenvalue weighted by molar-refractivity contribution is 8.03. The number of rotatable bonds is 1. The molecule has 4 heteroatoms. The van der Waals surface area contributed by atoms with Gasteiger partial charge in [0.05, 0.1) is 0 Å². The smallest absolute Gasteiger partial charge is 0.167 e. The van der Waals surface area contributed by atoms with Gasteiger partial charge in [-0.1, -0.05) is 26.0 Å². The molecule has 2 aliphatic heterocycles. The molecule has 1 unspecified atom stereocenters. The van der Waals surface area contributed by atoms with Gasteiger partial charge in [-0.25, -0.2) is 4.39 Å². The van der Waals surface area contributed by atoms with Crippen LogP contribution in [0.4, 0.5) is 4.39 Å². The Labute approximate surface area is 140 Å². The highest BCUT2D eigenvalue weighted by Gasteiger charge is 2.44. The Morgan fingerprint density at radius 3 is 2.65 bits per heavy atom. The predicted molar refractivity (Wildman–Crippen MR) is 91.4 cm³/mol. The van der Waals surface area contributed by atoms with Gasteiger partial charge in [0.25, 0.3) is 0 Å². The molecule has 0 saturated heterocycles. The normalized spacial score (nSPS) is 26.0. The first-order valence-corrected chi connectivity index (χ1v) is 9.12. The van der Waals surface area contributed by atoms with Gasteiger partial charge in [-0.05, 0) is 37.0 Å². The van der Waals surface area contributed by atoms with Crippen LogP contribution in [0.2, 0.25) is 0 Å². The maximum atomic E-state index is 13.3. The van der Waals surface area contributed by atoms with E-state index >= 15 is 0 Å². The van der Waals surface area contributed by atoms with Crippen LogP contribution >= 0.6 is 11.8 Å². The number of halogens is 1. The van der Waals surface area contributed by atoms with Crippen LogP contribution < -0.4 is 5.32 Å². The van der Waals surface area contributed by atoms with Crippen molar-refractivity contribution in [1.29, 1.82) is 0 Å². The van der Waals surface area contributed by atoms with E-state index in [9.17, 15) is 9.18 Å². The van der Waals surface area contributed by atoms with Gasteiger partial charge < -0.3 is 5.32 Å². The number of benzene rings is 1. The lowest BCUT2D eigenvalue weighted by atomic mass is 9.69. The van der Waals surface area contributed by atoms with Gasteiger partial charge in [-0.2, -0.15) is 0 Å². The Bertz CT molecular complexity index is 745. The van der Waals surface area contributed by atoms with E-state index in [-0.39, 0.29) is 22.9 Å². The Balaban J connectivity index is 1.87. The summed E-state index contributed by atoms with van der Waals surface area (Å²) in [6, 6.07) is 6.65. The first kappa shape index (κ1) is 15.0. The van der Waals surface area contributed by atoms with E-state index in [2.05, 4.69) is 5.32 Å². The van der Waals surface area contributed by atoms with Crippen LogP contribution in [0.15, 0.2) is 46.1 Å². The lowest BCUT2D eigenvalue weighted by Crippen LogP contribution is -2.38.